The highest BCUT2D eigenvalue weighted by Gasteiger charge is 2.70. The quantitative estimate of drug-likeness (QED) is 0.826. The number of rotatable bonds is 3. The molecule has 1 atom stereocenters. The molecule has 0 saturated heterocycles. The van der Waals surface area contributed by atoms with E-state index in [-0.39, 0.29) is 0 Å². The van der Waals surface area contributed by atoms with E-state index >= 15 is 0 Å². The summed E-state index contributed by atoms with van der Waals surface area (Å²) < 4.78 is 75.0. The molecular weight excluding hydrogens is 250 g/mol. The number of aliphatic hydroxyl groups is 1. The highest BCUT2D eigenvalue weighted by Crippen LogP contribution is 2.48. The van der Waals surface area contributed by atoms with Crippen molar-refractivity contribution in [1.29, 1.82) is 0 Å². The van der Waals surface area contributed by atoms with E-state index < -0.39 is 29.9 Å². The summed E-state index contributed by atoms with van der Waals surface area (Å²) in [6, 6.07) is 5.21. The Kier molecular flexibility index (Phi) is 3.42. The Bertz CT molecular complexity index is 374. The molecule has 1 N–H and O–H groups in total. The third kappa shape index (κ3) is 2.11. The summed E-state index contributed by atoms with van der Waals surface area (Å²) in [5.41, 5.74) is -4.74. The third-order valence-electron chi connectivity index (χ3n) is 2.32. The minimum absolute atomic E-state index is 0.805. The van der Waals surface area contributed by atoms with Gasteiger partial charge in [0.15, 0.2) is 5.60 Å². The summed E-state index contributed by atoms with van der Waals surface area (Å²) in [5.74, 6) is -5.57. The average molecular weight is 258 g/mol. The molecule has 0 fully saturated rings. The first kappa shape index (κ1) is 13.8. The van der Waals surface area contributed by atoms with Crippen LogP contribution in [0, 0.1) is 0 Å². The SMILES string of the molecule is O[C@](CF)(c1ccccc1)C(F)(F)C(F)(F)F. The lowest BCUT2D eigenvalue weighted by molar-refractivity contribution is -0.348. The Morgan fingerprint density at radius 2 is 1.41 bits per heavy atom. The van der Waals surface area contributed by atoms with Crippen LogP contribution in [0.3, 0.4) is 0 Å². The minimum Gasteiger partial charge on any atom is -0.376 e. The van der Waals surface area contributed by atoms with Crippen molar-refractivity contribution >= 4 is 0 Å². The smallest absolute Gasteiger partial charge is 0.376 e. The lowest BCUT2D eigenvalue weighted by atomic mass is 9.88. The summed E-state index contributed by atoms with van der Waals surface area (Å²) in [5, 5.41) is 9.31. The summed E-state index contributed by atoms with van der Waals surface area (Å²) in [7, 11) is 0. The van der Waals surface area contributed by atoms with E-state index in [1.807, 2.05) is 0 Å². The molecule has 0 bridgehead atoms. The molecule has 0 amide bonds. The number of hydrogen-bond donors (Lipinski definition) is 1. The number of alkyl halides is 6. The van der Waals surface area contributed by atoms with Gasteiger partial charge in [0.2, 0.25) is 0 Å². The van der Waals surface area contributed by atoms with Crippen molar-refractivity contribution in [1.82, 2.24) is 0 Å². The number of hydrogen-bond acceptors (Lipinski definition) is 1. The monoisotopic (exact) mass is 258 g/mol. The zero-order chi connectivity index (χ0) is 13.3. The molecule has 1 aromatic rings. The van der Waals surface area contributed by atoms with Crippen molar-refractivity contribution in [3.05, 3.63) is 35.9 Å². The molecule has 0 radical (unpaired) electrons. The highest BCUT2D eigenvalue weighted by atomic mass is 19.4. The van der Waals surface area contributed by atoms with E-state index in [4.69, 9.17) is 0 Å². The van der Waals surface area contributed by atoms with Gasteiger partial charge in [0, 0.05) is 0 Å². The van der Waals surface area contributed by atoms with Crippen molar-refractivity contribution in [2.24, 2.45) is 0 Å². The van der Waals surface area contributed by atoms with Gasteiger partial charge in [-0.05, 0) is 5.56 Å². The predicted octanol–water partition coefficient (Wildman–Crippen LogP) is 3.04. The second kappa shape index (κ2) is 4.21. The first-order valence-corrected chi connectivity index (χ1v) is 4.45. The first-order valence-electron chi connectivity index (χ1n) is 4.45. The minimum atomic E-state index is -6.04. The highest BCUT2D eigenvalue weighted by molar-refractivity contribution is 5.26. The fraction of sp³-hybridized carbons (Fsp3) is 0.400. The van der Waals surface area contributed by atoms with E-state index in [2.05, 4.69) is 0 Å². The lowest BCUT2D eigenvalue weighted by Gasteiger charge is -2.34. The van der Waals surface area contributed by atoms with Crippen molar-refractivity contribution in [2.75, 3.05) is 6.67 Å². The number of benzene rings is 1. The van der Waals surface area contributed by atoms with Crippen LogP contribution >= 0.6 is 0 Å². The predicted molar refractivity (Wildman–Crippen MR) is 47.3 cm³/mol. The maximum atomic E-state index is 13.1. The molecule has 0 saturated carbocycles. The zero-order valence-electron chi connectivity index (χ0n) is 8.31. The molecule has 0 unspecified atom stereocenters. The van der Waals surface area contributed by atoms with Crippen LogP contribution in [0.15, 0.2) is 30.3 Å². The first-order chi connectivity index (χ1) is 7.67. The third-order valence-corrected chi connectivity index (χ3v) is 2.32. The summed E-state index contributed by atoms with van der Waals surface area (Å²) in [6.07, 6.45) is -6.04. The van der Waals surface area contributed by atoms with E-state index in [9.17, 15) is 31.4 Å². The summed E-state index contributed by atoms with van der Waals surface area (Å²) in [6.45, 7) is -2.25. The van der Waals surface area contributed by atoms with Gasteiger partial charge in [-0.1, -0.05) is 30.3 Å². The van der Waals surface area contributed by atoms with Gasteiger partial charge in [-0.3, -0.25) is 0 Å². The van der Waals surface area contributed by atoms with Gasteiger partial charge in [0.1, 0.15) is 6.67 Å². The molecule has 17 heavy (non-hydrogen) atoms. The van der Waals surface area contributed by atoms with Crippen molar-refractivity contribution in [3.8, 4) is 0 Å². The van der Waals surface area contributed by atoms with Crippen LogP contribution in [0.25, 0.3) is 0 Å². The van der Waals surface area contributed by atoms with Crippen LogP contribution in [-0.4, -0.2) is 23.9 Å². The standard InChI is InChI=1S/C10H8F6O/c11-6-8(17,7-4-2-1-3-5-7)9(12,13)10(14,15)16/h1-5,17H,6H2/t8-/m1/s1. The van der Waals surface area contributed by atoms with Crippen molar-refractivity contribution < 1.29 is 31.4 Å². The molecule has 1 aromatic carbocycles. The van der Waals surface area contributed by atoms with Crippen LogP contribution in [0.1, 0.15) is 5.56 Å². The van der Waals surface area contributed by atoms with Crippen LogP contribution in [0.2, 0.25) is 0 Å². The van der Waals surface area contributed by atoms with Crippen LogP contribution in [0.4, 0.5) is 26.3 Å². The maximum absolute atomic E-state index is 13.1. The van der Waals surface area contributed by atoms with E-state index in [1.54, 1.807) is 0 Å². The van der Waals surface area contributed by atoms with E-state index in [1.165, 1.54) is 6.07 Å². The van der Waals surface area contributed by atoms with Gasteiger partial charge < -0.3 is 5.11 Å². The van der Waals surface area contributed by atoms with Crippen LogP contribution in [0.5, 0.6) is 0 Å². The summed E-state index contributed by atoms with van der Waals surface area (Å²) >= 11 is 0. The fourth-order valence-electron chi connectivity index (χ4n) is 1.29. The molecule has 1 rings (SSSR count). The Labute approximate surface area is 92.7 Å². The average Bonchev–Trinajstić information content (AvgIpc) is 2.27. The normalized spacial score (nSPS) is 16.6. The second-order valence-electron chi connectivity index (χ2n) is 3.43. The van der Waals surface area contributed by atoms with Gasteiger partial charge in [-0.25, -0.2) is 4.39 Å². The Hall–Kier alpha value is -1.24. The van der Waals surface area contributed by atoms with Gasteiger partial charge in [-0.2, -0.15) is 22.0 Å². The Morgan fingerprint density at radius 3 is 1.76 bits per heavy atom. The molecule has 96 valence electrons. The van der Waals surface area contributed by atoms with Gasteiger partial charge >= 0.3 is 12.1 Å². The summed E-state index contributed by atoms with van der Waals surface area (Å²) in [4.78, 5) is 0. The number of halogens is 6. The zero-order valence-corrected chi connectivity index (χ0v) is 8.31. The molecular formula is C10H8F6O. The largest absolute Gasteiger partial charge is 0.456 e. The fourth-order valence-corrected chi connectivity index (χ4v) is 1.29. The molecule has 0 aromatic heterocycles. The van der Waals surface area contributed by atoms with Crippen molar-refractivity contribution in [2.45, 2.75) is 17.7 Å². The van der Waals surface area contributed by atoms with Gasteiger partial charge in [0.05, 0.1) is 0 Å². The van der Waals surface area contributed by atoms with Gasteiger partial charge in [0.25, 0.3) is 0 Å². The molecule has 0 aliphatic heterocycles. The second-order valence-corrected chi connectivity index (χ2v) is 3.43. The molecule has 0 aliphatic carbocycles. The molecule has 0 heterocycles. The molecule has 1 nitrogen and oxygen atoms in total. The van der Waals surface area contributed by atoms with Crippen LogP contribution < -0.4 is 0 Å². The van der Waals surface area contributed by atoms with Crippen molar-refractivity contribution in [3.63, 3.8) is 0 Å². The van der Waals surface area contributed by atoms with Gasteiger partial charge in [-0.15, -0.1) is 0 Å². The lowest BCUT2D eigenvalue weighted by Crippen LogP contribution is -2.56. The topological polar surface area (TPSA) is 20.2 Å². The van der Waals surface area contributed by atoms with E-state index in [0.717, 1.165) is 24.3 Å². The molecule has 0 spiro atoms. The van der Waals surface area contributed by atoms with Crippen LogP contribution in [-0.2, 0) is 5.60 Å². The Balaban J connectivity index is 3.31. The maximum Gasteiger partial charge on any atom is 0.456 e. The molecule has 0 aliphatic rings. The Morgan fingerprint density at radius 1 is 0.941 bits per heavy atom. The van der Waals surface area contributed by atoms with E-state index in [0.29, 0.717) is 0 Å². The molecule has 7 heteroatoms.